The lowest BCUT2D eigenvalue weighted by Crippen LogP contribution is -2.29. The number of rotatable bonds is 8. The molecule has 1 heterocycles. The highest BCUT2D eigenvalue weighted by atomic mass is 16.5. The van der Waals surface area contributed by atoms with E-state index >= 15 is 0 Å². The van der Waals surface area contributed by atoms with Crippen molar-refractivity contribution >= 4 is 0 Å². The van der Waals surface area contributed by atoms with Crippen LogP contribution in [-0.4, -0.2) is 24.7 Å². The Morgan fingerprint density at radius 1 is 1.10 bits per heavy atom. The maximum Gasteiger partial charge on any atom is 0.0716 e. The predicted molar refractivity (Wildman–Crippen MR) is 81.5 cm³/mol. The molecular weight excluding hydrogens is 248 g/mol. The third kappa shape index (κ3) is 5.11. The Labute approximate surface area is 121 Å². The molecule has 0 amide bonds. The molecule has 3 nitrogen and oxygen atoms in total. The van der Waals surface area contributed by atoms with Crippen LogP contribution in [0, 0.1) is 0 Å². The maximum atomic E-state index is 5.73. The molecule has 3 heteroatoms. The van der Waals surface area contributed by atoms with E-state index in [1.807, 2.05) is 43.6 Å². The lowest BCUT2D eigenvalue weighted by Gasteiger charge is -2.15. The molecule has 1 unspecified atom stereocenters. The van der Waals surface area contributed by atoms with Crippen molar-refractivity contribution in [3.63, 3.8) is 0 Å². The first-order valence-corrected chi connectivity index (χ1v) is 7.07. The van der Waals surface area contributed by atoms with Crippen LogP contribution in [0.2, 0.25) is 0 Å². The lowest BCUT2D eigenvalue weighted by atomic mass is 10.1. The Morgan fingerprint density at radius 3 is 2.60 bits per heavy atom. The number of ether oxygens (including phenoxy) is 1. The van der Waals surface area contributed by atoms with E-state index in [1.54, 1.807) is 0 Å². The van der Waals surface area contributed by atoms with Crippen LogP contribution in [0.25, 0.3) is 0 Å². The van der Waals surface area contributed by atoms with Crippen LogP contribution in [0.1, 0.15) is 17.7 Å². The maximum absolute atomic E-state index is 5.73. The Kier molecular flexibility index (Phi) is 6.21. The van der Waals surface area contributed by atoms with Gasteiger partial charge in [-0.1, -0.05) is 36.4 Å². The van der Waals surface area contributed by atoms with Crippen molar-refractivity contribution in [3.05, 3.63) is 66.0 Å². The van der Waals surface area contributed by atoms with Gasteiger partial charge in [0.25, 0.3) is 0 Å². The van der Waals surface area contributed by atoms with E-state index in [-0.39, 0.29) is 0 Å². The molecule has 0 bridgehead atoms. The second kappa shape index (κ2) is 8.46. The van der Waals surface area contributed by atoms with Gasteiger partial charge in [0.2, 0.25) is 0 Å². The lowest BCUT2D eigenvalue weighted by molar-refractivity contribution is 0.111. The fraction of sp³-hybridized carbons (Fsp3) is 0.353. The molecule has 0 fully saturated rings. The van der Waals surface area contributed by atoms with Gasteiger partial charge in [-0.3, -0.25) is 4.98 Å². The molecule has 1 N–H and O–H groups in total. The summed E-state index contributed by atoms with van der Waals surface area (Å²) in [6.07, 6.45) is 3.76. The highest BCUT2D eigenvalue weighted by molar-refractivity contribution is 5.13. The van der Waals surface area contributed by atoms with Gasteiger partial charge in [-0.2, -0.15) is 0 Å². The molecule has 0 saturated carbocycles. The van der Waals surface area contributed by atoms with Crippen molar-refractivity contribution in [1.29, 1.82) is 0 Å². The fourth-order valence-electron chi connectivity index (χ4n) is 2.11. The summed E-state index contributed by atoms with van der Waals surface area (Å²) in [5.41, 5.74) is 2.34. The molecule has 2 aromatic rings. The summed E-state index contributed by atoms with van der Waals surface area (Å²) in [5.74, 6) is 0. The van der Waals surface area contributed by atoms with Crippen molar-refractivity contribution in [2.24, 2.45) is 0 Å². The van der Waals surface area contributed by atoms with E-state index in [4.69, 9.17) is 4.74 Å². The van der Waals surface area contributed by atoms with Crippen molar-refractivity contribution in [2.45, 2.75) is 25.5 Å². The first-order valence-electron chi connectivity index (χ1n) is 7.07. The van der Waals surface area contributed by atoms with Crippen molar-refractivity contribution in [3.8, 4) is 0 Å². The number of hydrogen-bond acceptors (Lipinski definition) is 3. The van der Waals surface area contributed by atoms with Gasteiger partial charge in [0.15, 0.2) is 0 Å². The second-order valence-corrected chi connectivity index (χ2v) is 4.84. The van der Waals surface area contributed by atoms with Gasteiger partial charge in [0, 0.05) is 31.0 Å². The van der Waals surface area contributed by atoms with Crippen LogP contribution in [0.15, 0.2) is 54.7 Å². The zero-order valence-corrected chi connectivity index (χ0v) is 12.0. The van der Waals surface area contributed by atoms with Crippen molar-refractivity contribution < 1.29 is 4.74 Å². The molecule has 0 aliphatic rings. The Balaban J connectivity index is 1.69. The summed E-state index contributed by atoms with van der Waals surface area (Å²) in [7, 11) is 1.99. The zero-order valence-electron chi connectivity index (χ0n) is 12.0. The van der Waals surface area contributed by atoms with E-state index in [9.17, 15) is 0 Å². The van der Waals surface area contributed by atoms with Crippen molar-refractivity contribution in [1.82, 2.24) is 10.3 Å². The average Bonchev–Trinajstić information content (AvgIpc) is 2.52. The standard InChI is InChI=1S/C17H22N2O/c1-18-16(13-17-9-5-6-11-19-17)10-12-20-14-15-7-3-2-4-8-15/h2-9,11,16,18H,10,12-14H2,1H3. The van der Waals surface area contributed by atoms with Gasteiger partial charge >= 0.3 is 0 Å². The molecule has 1 atom stereocenters. The average molecular weight is 270 g/mol. The van der Waals surface area contributed by atoms with Gasteiger partial charge in [-0.25, -0.2) is 0 Å². The number of nitrogens with one attached hydrogen (secondary N) is 1. The van der Waals surface area contributed by atoms with E-state index in [2.05, 4.69) is 28.5 Å². The molecule has 2 rings (SSSR count). The second-order valence-electron chi connectivity index (χ2n) is 4.84. The van der Waals surface area contributed by atoms with Gasteiger partial charge in [-0.05, 0) is 31.2 Å². The SMILES string of the molecule is CNC(CCOCc1ccccc1)Cc1ccccn1. The summed E-state index contributed by atoms with van der Waals surface area (Å²) in [6, 6.07) is 16.7. The third-order valence-corrected chi connectivity index (χ3v) is 3.31. The summed E-state index contributed by atoms with van der Waals surface area (Å²) >= 11 is 0. The Bertz CT molecular complexity index is 473. The van der Waals surface area contributed by atoms with E-state index < -0.39 is 0 Å². The summed E-state index contributed by atoms with van der Waals surface area (Å²) in [5, 5.41) is 3.33. The number of hydrogen-bond donors (Lipinski definition) is 1. The molecule has 0 saturated heterocycles. The highest BCUT2D eigenvalue weighted by Gasteiger charge is 2.07. The quantitative estimate of drug-likeness (QED) is 0.749. The number of pyridine rings is 1. The Hall–Kier alpha value is -1.71. The fourth-order valence-corrected chi connectivity index (χ4v) is 2.11. The molecule has 1 aromatic carbocycles. The van der Waals surface area contributed by atoms with E-state index in [1.165, 1.54) is 5.56 Å². The summed E-state index contributed by atoms with van der Waals surface area (Å²) in [6.45, 7) is 1.44. The molecule has 0 aliphatic heterocycles. The minimum absolute atomic E-state index is 0.403. The van der Waals surface area contributed by atoms with Crippen LogP contribution >= 0.6 is 0 Å². The first kappa shape index (κ1) is 14.7. The zero-order chi connectivity index (χ0) is 14.0. The summed E-state index contributed by atoms with van der Waals surface area (Å²) < 4.78 is 5.73. The van der Waals surface area contributed by atoms with E-state index in [0.717, 1.165) is 25.1 Å². The van der Waals surface area contributed by atoms with Crippen LogP contribution < -0.4 is 5.32 Å². The molecule has 20 heavy (non-hydrogen) atoms. The highest BCUT2D eigenvalue weighted by Crippen LogP contribution is 2.05. The molecular formula is C17H22N2O. The van der Waals surface area contributed by atoms with Gasteiger partial charge in [0.05, 0.1) is 6.61 Å². The number of aromatic nitrogens is 1. The van der Waals surface area contributed by atoms with Crippen LogP contribution in [0.5, 0.6) is 0 Å². The molecule has 0 spiro atoms. The van der Waals surface area contributed by atoms with Crippen LogP contribution in [-0.2, 0) is 17.8 Å². The normalized spacial score (nSPS) is 12.2. The monoisotopic (exact) mass is 270 g/mol. The number of benzene rings is 1. The topological polar surface area (TPSA) is 34.1 Å². The largest absolute Gasteiger partial charge is 0.377 e. The smallest absolute Gasteiger partial charge is 0.0716 e. The van der Waals surface area contributed by atoms with Crippen molar-refractivity contribution in [2.75, 3.05) is 13.7 Å². The first-order chi connectivity index (χ1) is 9.88. The van der Waals surface area contributed by atoms with Gasteiger partial charge < -0.3 is 10.1 Å². The van der Waals surface area contributed by atoms with Gasteiger partial charge in [0.1, 0.15) is 0 Å². The van der Waals surface area contributed by atoms with Gasteiger partial charge in [-0.15, -0.1) is 0 Å². The minimum atomic E-state index is 0.403. The van der Waals surface area contributed by atoms with E-state index in [0.29, 0.717) is 12.6 Å². The number of likely N-dealkylation sites (N-methyl/N-ethyl adjacent to an activating group) is 1. The molecule has 0 aliphatic carbocycles. The molecule has 0 radical (unpaired) electrons. The predicted octanol–water partition coefficient (Wildman–Crippen LogP) is 2.82. The molecule has 1 aromatic heterocycles. The Morgan fingerprint density at radius 2 is 1.90 bits per heavy atom. The van der Waals surface area contributed by atoms with Crippen LogP contribution in [0.3, 0.4) is 0 Å². The minimum Gasteiger partial charge on any atom is -0.377 e. The summed E-state index contributed by atoms with van der Waals surface area (Å²) in [4.78, 5) is 4.36. The number of nitrogens with zero attached hydrogens (tertiary/aromatic N) is 1. The molecule has 106 valence electrons. The van der Waals surface area contributed by atoms with Crippen LogP contribution in [0.4, 0.5) is 0 Å². The third-order valence-electron chi connectivity index (χ3n) is 3.31.